The van der Waals surface area contributed by atoms with E-state index in [1.54, 1.807) is 0 Å². The second-order valence-electron chi connectivity index (χ2n) is 13.2. The molecule has 0 bridgehead atoms. The molecule has 8 heteroatoms. The molecule has 3 aromatic rings. The number of carbonyl (C=O) groups is 1. The van der Waals surface area contributed by atoms with Gasteiger partial charge in [0.15, 0.2) is 0 Å². The molecule has 2 aliphatic heterocycles. The largest absolute Gasteiger partial charge is 0.416 e. The van der Waals surface area contributed by atoms with Crippen molar-refractivity contribution in [2.45, 2.75) is 95.9 Å². The zero-order valence-electron chi connectivity index (χ0n) is 25.8. The minimum absolute atomic E-state index is 0.0647. The van der Waals surface area contributed by atoms with Crippen LogP contribution in [0, 0.1) is 5.92 Å². The van der Waals surface area contributed by atoms with Crippen LogP contribution in [0.5, 0.6) is 0 Å². The van der Waals surface area contributed by atoms with Gasteiger partial charge in [-0.05, 0) is 95.7 Å². The van der Waals surface area contributed by atoms with E-state index in [1.165, 1.54) is 44.8 Å². The van der Waals surface area contributed by atoms with Gasteiger partial charge in [-0.25, -0.2) is 4.98 Å². The summed E-state index contributed by atoms with van der Waals surface area (Å²) < 4.78 is 41.9. The molecule has 236 valence electrons. The van der Waals surface area contributed by atoms with Crippen molar-refractivity contribution in [3.05, 3.63) is 65.2 Å². The number of hydrogen-bond acceptors (Lipinski definition) is 4. The van der Waals surface area contributed by atoms with Crippen LogP contribution in [0.1, 0.15) is 92.6 Å². The number of carbonyl (C=O) groups excluding carboxylic acids is 1. The molecule has 0 radical (unpaired) electrons. The van der Waals surface area contributed by atoms with Crippen molar-refractivity contribution >= 4 is 16.8 Å². The highest BCUT2D eigenvalue weighted by Crippen LogP contribution is 2.37. The van der Waals surface area contributed by atoms with Crippen LogP contribution in [0.4, 0.5) is 13.2 Å². The van der Waals surface area contributed by atoms with Crippen molar-refractivity contribution in [2.24, 2.45) is 5.92 Å². The summed E-state index contributed by atoms with van der Waals surface area (Å²) in [7, 11) is 0. The third-order valence-electron chi connectivity index (χ3n) is 10.2. The molecule has 2 saturated heterocycles. The number of nitrogens with one attached hydrogen (secondary N) is 1. The number of likely N-dealkylation sites (tertiary alicyclic amines) is 2. The van der Waals surface area contributed by atoms with E-state index in [2.05, 4.69) is 15.1 Å². The third-order valence-corrected chi connectivity index (χ3v) is 10.2. The van der Waals surface area contributed by atoms with Gasteiger partial charge >= 0.3 is 6.18 Å². The average molecular weight is 607 g/mol. The van der Waals surface area contributed by atoms with Gasteiger partial charge in [0.2, 0.25) is 0 Å². The number of hydrogen-bond donors (Lipinski definition) is 1. The maximum atomic E-state index is 14.3. The fourth-order valence-corrected chi connectivity index (χ4v) is 7.71. The lowest BCUT2D eigenvalue weighted by atomic mass is 9.84. The van der Waals surface area contributed by atoms with Gasteiger partial charge in [0, 0.05) is 35.1 Å². The van der Waals surface area contributed by atoms with Crippen LogP contribution < -0.4 is 5.32 Å². The Bertz CT molecular complexity index is 1420. The molecule has 0 unspecified atom stereocenters. The number of fused-ring (bicyclic) bond motifs is 1. The highest BCUT2D eigenvalue weighted by Gasteiger charge is 2.33. The second-order valence-corrected chi connectivity index (χ2v) is 13.2. The lowest BCUT2D eigenvalue weighted by Gasteiger charge is -2.40. The predicted molar refractivity (Wildman–Crippen MR) is 169 cm³/mol. The van der Waals surface area contributed by atoms with Crippen LogP contribution in [-0.4, -0.2) is 59.0 Å². The molecule has 1 saturated carbocycles. The summed E-state index contributed by atoms with van der Waals surface area (Å²) in [4.78, 5) is 24.3. The van der Waals surface area contributed by atoms with Gasteiger partial charge in [0.25, 0.3) is 5.91 Å². The zero-order chi connectivity index (χ0) is 30.7. The first-order valence-corrected chi connectivity index (χ1v) is 16.6. The number of aromatic nitrogens is 1. The first-order valence-electron chi connectivity index (χ1n) is 16.6. The first-order chi connectivity index (χ1) is 21.3. The Kier molecular flexibility index (Phi) is 9.57. The van der Waals surface area contributed by atoms with Crippen LogP contribution in [-0.2, 0) is 12.7 Å². The van der Waals surface area contributed by atoms with Gasteiger partial charge in [0.05, 0.1) is 22.3 Å². The summed E-state index contributed by atoms with van der Waals surface area (Å²) in [6.07, 6.45) is 7.06. The average Bonchev–Trinajstić information content (AvgIpc) is 3.05. The maximum absolute atomic E-state index is 14.3. The Morgan fingerprint density at radius 3 is 2.27 bits per heavy atom. The van der Waals surface area contributed by atoms with E-state index in [0.717, 1.165) is 69.3 Å². The fourth-order valence-electron chi connectivity index (χ4n) is 7.71. The number of amides is 1. The van der Waals surface area contributed by atoms with E-state index in [1.807, 2.05) is 37.3 Å². The van der Waals surface area contributed by atoms with Crippen LogP contribution in [0.25, 0.3) is 22.2 Å². The van der Waals surface area contributed by atoms with Gasteiger partial charge in [-0.15, -0.1) is 0 Å². The summed E-state index contributed by atoms with van der Waals surface area (Å²) in [5.74, 6) is 0.0718. The van der Waals surface area contributed by atoms with Crippen LogP contribution in [0.2, 0.25) is 0 Å². The SMILES string of the molecule is C[C@H](NC(=O)c1c(CN2CCC(N3CCCCC3)CC2)c(-c2ccccc2)nc2ccc(C(F)(F)F)cc12)C1CCCCC1. The molecule has 1 aromatic heterocycles. The number of pyridine rings is 1. The van der Waals surface area contributed by atoms with E-state index in [4.69, 9.17) is 4.98 Å². The highest BCUT2D eigenvalue weighted by molar-refractivity contribution is 6.09. The van der Waals surface area contributed by atoms with E-state index in [0.29, 0.717) is 40.8 Å². The number of rotatable bonds is 7. The van der Waals surface area contributed by atoms with Gasteiger partial charge in [-0.1, -0.05) is 56.0 Å². The molecule has 6 rings (SSSR count). The molecule has 1 atom stereocenters. The van der Waals surface area contributed by atoms with E-state index >= 15 is 0 Å². The number of alkyl halides is 3. The molecule has 1 N–H and O–H groups in total. The molecular weight excluding hydrogens is 561 g/mol. The molecule has 44 heavy (non-hydrogen) atoms. The van der Waals surface area contributed by atoms with Crippen molar-refractivity contribution in [3.63, 3.8) is 0 Å². The molecule has 2 aromatic carbocycles. The highest BCUT2D eigenvalue weighted by atomic mass is 19.4. The minimum atomic E-state index is -4.52. The number of benzene rings is 2. The quantitative estimate of drug-likeness (QED) is 0.296. The standard InChI is InChI=1S/C36H45F3N4O/c1-25(26-11-5-2-6-12-26)40-35(44)33-30-23-28(36(37,38)39)15-16-32(30)41-34(27-13-7-3-8-14-27)31(33)24-42-21-17-29(18-22-42)43-19-9-4-10-20-43/h3,7-8,13-16,23,25-26,29H,2,4-6,9-12,17-22,24H2,1H3,(H,40,44)/t25-/m0/s1. The van der Waals surface area contributed by atoms with Crippen molar-refractivity contribution < 1.29 is 18.0 Å². The zero-order valence-corrected chi connectivity index (χ0v) is 25.8. The Morgan fingerprint density at radius 2 is 1.59 bits per heavy atom. The molecule has 5 nitrogen and oxygen atoms in total. The second kappa shape index (κ2) is 13.6. The fraction of sp³-hybridized carbons (Fsp3) is 0.556. The van der Waals surface area contributed by atoms with Crippen molar-refractivity contribution in [2.75, 3.05) is 26.2 Å². The van der Waals surface area contributed by atoms with Crippen molar-refractivity contribution in [3.8, 4) is 11.3 Å². The molecular formula is C36H45F3N4O. The lowest BCUT2D eigenvalue weighted by molar-refractivity contribution is -0.137. The number of nitrogens with zero attached hydrogens (tertiary/aromatic N) is 3. The summed E-state index contributed by atoms with van der Waals surface area (Å²) >= 11 is 0. The molecule has 1 aliphatic carbocycles. The third kappa shape index (κ3) is 6.96. The molecule has 0 spiro atoms. The van der Waals surface area contributed by atoms with Gasteiger partial charge in [-0.2, -0.15) is 13.2 Å². The number of halogens is 3. The smallest absolute Gasteiger partial charge is 0.349 e. The Hall–Kier alpha value is -2.97. The van der Waals surface area contributed by atoms with Gasteiger partial charge in [0.1, 0.15) is 0 Å². The van der Waals surface area contributed by atoms with E-state index < -0.39 is 11.7 Å². The van der Waals surface area contributed by atoms with Crippen molar-refractivity contribution in [1.82, 2.24) is 20.1 Å². The van der Waals surface area contributed by atoms with Gasteiger partial charge in [-0.3, -0.25) is 9.69 Å². The van der Waals surface area contributed by atoms with E-state index in [9.17, 15) is 18.0 Å². The Balaban J connectivity index is 1.40. The Labute approximate surface area is 259 Å². The van der Waals surface area contributed by atoms with Crippen LogP contribution in [0.3, 0.4) is 0 Å². The summed E-state index contributed by atoms with van der Waals surface area (Å²) in [6.45, 7) is 6.62. The Morgan fingerprint density at radius 1 is 0.909 bits per heavy atom. The molecule has 3 aliphatic rings. The number of piperidine rings is 2. The van der Waals surface area contributed by atoms with Crippen LogP contribution in [0.15, 0.2) is 48.5 Å². The monoisotopic (exact) mass is 606 g/mol. The maximum Gasteiger partial charge on any atom is 0.416 e. The predicted octanol–water partition coefficient (Wildman–Crippen LogP) is 8.07. The van der Waals surface area contributed by atoms with Crippen LogP contribution >= 0.6 is 0 Å². The van der Waals surface area contributed by atoms with Gasteiger partial charge < -0.3 is 10.2 Å². The van der Waals surface area contributed by atoms with Crippen molar-refractivity contribution in [1.29, 1.82) is 0 Å². The lowest BCUT2D eigenvalue weighted by Crippen LogP contribution is -2.46. The summed E-state index contributed by atoms with van der Waals surface area (Å²) in [6, 6.07) is 13.9. The van der Waals surface area contributed by atoms with E-state index in [-0.39, 0.29) is 17.3 Å². The first kappa shape index (κ1) is 31.0. The molecule has 1 amide bonds. The summed E-state index contributed by atoms with van der Waals surface area (Å²) in [5.41, 5.74) is 2.23. The normalized spacial score (nSPS) is 20.5. The minimum Gasteiger partial charge on any atom is -0.349 e. The topological polar surface area (TPSA) is 48.5 Å². The molecule has 3 fully saturated rings. The summed E-state index contributed by atoms with van der Waals surface area (Å²) in [5, 5.41) is 3.52. The molecule has 3 heterocycles.